The number of nitrogens with zero attached hydrogens (tertiary/aromatic N) is 2. The Labute approximate surface area is 154 Å². The van der Waals surface area contributed by atoms with Gasteiger partial charge in [0.15, 0.2) is 0 Å². The summed E-state index contributed by atoms with van der Waals surface area (Å²) in [5, 5.41) is 4.34. The van der Waals surface area contributed by atoms with Crippen LogP contribution in [0.2, 0.25) is 0 Å². The third-order valence-corrected chi connectivity index (χ3v) is 5.18. The van der Waals surface area contributed by atoms with Gasteiger partial charge in [-0.25, -0.2) is 17.8 Å². The molecule has 0 bridgehead atoms. The van der Waals surface area contributed by atoms with Gasteiger partial charge in [0.25, 0.3) is 0 Å². The quantitative estimate of drug-likeness (QED) is 0.793. The number of aryl methyl sites for hydroxylation is 1. The molecule has 1 fully saturated rings. The molecule has 1 aromatic heterocycles. The van der Waals surface area contributed by atoms with Crippen LogP contribution in [0.5, 0.6) is 5.75 Å². The maximum absolute atomic E-state index is 11.5. The average molecular weight is 379 g/mol. The molecule has 2 heterocycles. The van der Waals surface area contributed by atoms with Crippen LogP contribution < -0.4 is 9.46 Å². The fraction of sp³-hybridized carbons (Fsp3) is 0.500. The molecule has 0 radical (unpaired) electrons. The van der Waals surface area contributed by atoms with Crippen molar-refractivity contribution in [3.05, 3.63) is 42.2 Å². The van der Waals surface area contributed by atoms with Gasteiger partial charge < -0.3 is 9.47 Å². The molecule has 0 amide bonds. The van der Waals surface area contributed by atoms with Crippen molar-refractivity contribution in [1.82, 2.24) is 14.5 Å². The fourth-order valence-electron chi connectivity index (χ4n) is 2.97. The summed E-state index contributed by atoms with van der Waals surface area (Å²) in [6, 6.07) is 7.53. The summed E-state index contributed by atoms with van der Waals surface area (Å²) in [5.41, 5.74) is 2.15. The van der Waals surface area contributed by atoms with Gasteiger partial charge >= 0.3 is 0 Å². The van der Waals surface area contributed by atoms with E-state index in [9.17, 15) is 8.42 Å². The summed E-state index contributed by atoms with van der Waals surface area (Å²) in [5.74, 6) is 0.719. The van der Waals surface area contributed by atoms with Gasteiger partial charge in [0, 0.05) is 24.8 Å². The van der Waals surface area contributed by atoms with Crippen LogP contribution in [0.15, 0.2) is 36.7 Å². The molecule has 2 atom stereocenters. The summed E-state index contributed by atoms with van der Waals surface area (Å²) in [6.07, 6.45) is 6.66. The standard InChI is InChI=1S/C18H25N3O4S/c1-3-14-10-19-21(11-14)16-4-6-17(7-5-16)25-13-15-12-24-9-8-18(15)20-26(2,22)23/h4-7,10-11,15,18,20H,3,8-9,12-13H2,1-2H3/t15-,18+/m1/s1. The van der Waals surface area contributed by atoms with Crippen molar-refractivity contribution in [2.75, 3.05) is 26.1 Å². The van der Waals surface area contributed by atoms with Gasteiger partial charge in [-0.15, -0.1) is 0 Å². The Morgan fingerprint density at radius 1 is 1.35 bits per heavy atom. The molecule has 0 unspecified atom stereocenters. The Morgan fingerprint density at radius 2 is 2.12 bits per heavy atom. The van der Waals surface area contributed by atoms with E-state index in [1.165, 1.54) is 11.8 Å². The van der Waals surface area contributed by atoms with E-state index in [0.29, 0.717) is 26.2 Å². The Balaban J connectivity index is 1.60. The largest absolute Gasteiger partial charge is 0.493 e. The minimum atomic E-state index is -3.25. The first-order valence-corrected chi connectivity index (χ1v) is 10.7. The van der Waals surface area contributed by atoms with E-state index in [1.54, 1.807) is 0 Å². The number of sulfonamides is 1. The zero-order valence-electron chi connectivity index (χ0n) is 15.1. The first-order chi connectivity index (χ1) is 12.4. The van der Waals surface area contributed by atoms with Crippen LogP contribution in [0.25, 0.3) is 5.69 Å². The predicted octanol–water partition coefficient (Wildman–Crippen LogP) is 1.77. The number of hydrogen-bond acceptors (Lipinski definition) is 5. The first-order valence-electron chi connectivity index (χ1n) is 8.76. The van der Waals surface area contributed by atoms with Crippen LogP contribution in [-0.4, -0.2) is 50.3 Å². The number of nitrogens with one attached hydrogen (secondary N) is 1. The minimum absolute atomic E-state index is 0.0172. The normalized spacial score (nSPS) is 20.8. The van der Waals surface area contributed by atoms with Crippen molar-refractivity contribution in [2.24, 2.45) is 5.92 Å². The van der Waals surface area contributed by atoms with E-state index in [0.717, 1.165) is 17.9 Å². The lowest BCUT2D eigenvalue weighted by molar-refractivity contribution is 0.0187. The number of hydrogen-bond donors (Lipinski definition) is 1. The van der Waals surface area contributed by atoms with E-state index in [-0.39, 0.29) is 12.0 Å². The highest BCUT2D eigenvalue weighted by molar-refractivity contribution is 7.88. The van der Waals surface area contributed by atoms with Crippen molar-refractivity contribution in [1.29, 1.82) is 0 Å². The van der Waals surface area contributed by atoms with Crippen LogP contribution in [0.3, 0.4) is 0 Å². The van der Waals surface area contributed by atoms with Crippen molar-refractivity contribution in [3.8, 4) is 11.4 Å². The van der Waals surface area contributed by atoms with Crippen LogP contribution in [0, 0.1) is 5.92 Å². The van der Waals surface area contributed by atoms with Crippen LogP contribution in [0.4, 0.5) is 0 Å². The zero-order valence-corrected chi connectivity index (χ0v) is 15.9. The number of benzene rings is 1. The van der Waals surface area contributed by atoms with Gasteiger partial charge in [0.2, 0.25) is 10.0 Å². The topological polar surface area (TPSA) is 82.4 Å². The summed E-state index contributed by atoms with van der Waals surface area (Å²) >= 11 is 0. The van der Waals surface area contributed by atoms with Gasteiger partial charge in [-0.05, 0) is 42.7 Å². The van der Waals surface area contributed by atoms with E-state index >= 15 is 0 Å². The van der Waals surface area contributed by atoms with Crippen molar-refractivity contribution < 1.29 is 17.9 Å². The van der Waals surface area contributed by atoms with E-state index < -0.39 is 10.0 Å². The molecule has 1 aromatic carbocycles. The van der Waals surface area contributed by atoms with Gasteiger partial charge in [-0.3, -0.25) is 0 Å². The van der Waals surface area contributed by atoms with Crippen LogP contribution in [-0.2, 0) is 21.2 Å². The van der Waals surface area contributed by atoms with E-state index in [2.05, 4.69) is 16.7 Å². The molecule has 2 aromatic rings. The monoisotopic (exact) mass is 379 g/mol. The highest BCUT2D eigenvalue weighted by Gasteiger charge is 2.28. The lowest BCUT2D eigenvalue weighted by atomic mass is 9.98. The van der Waals surface area contributed by atoms with Crippen molar-refractivity contribution >= 4 is 10.0 Å². The van der Waals surface area contributed by atoms with Crippen molar-refractivity contribution in [2.45, 2.75) is 25.8 Å². The zero-order chi connectivity index (χ0) is 18.6. The molecular formula is C18H25N3O4S. The SMILES string of the molecule is CCc1cnn(-c2ccc(OC[C@H]3COCC[C@@H]3NS(C)(=O)=O)cc2)c1. The molecule has 8 heteroatoms. The number of ether oxygens (including phenoxy) is 2. The molecule has 142 valence electrons. The van der Waals surface area contributed by atoms with E-state index in [4.69, 9.17) is 9.47 Å². The molecule has 1 aliphatic heterocycles. The average Bonchev–Trinajstić information content (AvgIpc) is 3.09. The van der Waals surface area contributed by atoms with Gasteiger partial charge in [-0.1, -0.05) is 6.92 Å². The van der Waals surface area contributed by atoms with Crippen LogP contribution >= 0.6 is 0 Å². The number of aromatic nitrogens is 2. The third kappa shape index (κ3) is 5.06. The lowest BCUT2D eigenvalue weighted by Crippen LogP contribution is -2.47. The molecule has 0 aliphatic carbocycles. The van der Waals surface area contributed by atoms with Gasteiger partial charge in [0.1, 0.15) is 5.75 Å². The second-order valence-corrected chi connectivity index (χ2v) is 8.35. The first kappa shape index (κ1) is 18.9. The molecule has 1 aliphatic rings. The smallest absolute Gasteiger partial charge is 0.208 e. The maximum atomic E-state index is 11.5. The van der Waals surface area contributed by atoms with Gasteiger partial charge in [-0.2, -0.15) is 5.10 Å². The summed E-state index contributed by atoms with van der Waals surface area (Å²) in [6.45, 7) is 3.54. The van der Waals surface area contributed by atoms with E-state index in [1.807, 2.05) is 41.3 Å². The second-order valence-electron chi connectivity index (χ2n) is 6.57. The highest BCUT2D eigenvalue weighted by Crippen LogP contribution is 2.20. The predicted molar refractivity (Wildman–Crippen MR) is 99.1 cm³/mol. The summed E-state index contributed by atoms with van der Waals surface area (Å²) in [4.78, 5) is 0. The number of rotatable bonds is 7. The Morgan fingerprint density at radius 3 is 2.77 bits per heavy atom. The Bertz CT molecular complexity index is 817. The molecule has 1 saturated heterocycles. The maximum Gasteiger partial charge on any atom is 0.208 e. The lowest BCUT2D eigenvalue weighted by Gasteiger charge is -2.31. The van der Waals surface area contributed by atoms with Gasteiger partial charge in [0.05, 0.1) is 31.4 Å². The molecule has 26 heavy (non-hydrogen) atoms. The molecule has 3 rings (SSSR count). The fourth-order valence-corrected chi connectivity index (χ4v) is 3.83. The van der Waals surface area contributed by atoms with Crippen molar-refractivity contribution in [3.63, 3.8) is 0 Å². The molecule has 0 saturated carbocycles. The second kappa shape index (κ2) is 8.20. The molecule has 0 spiro atoms. The Kier molecular flexibility index (Phi) is 5.95. The molecular weight excluding hydrogens is 354 g/mol. The summed E-state index contributed by atoms with van der Waals surface area (Å²) in [7, 11) is -3.25. The van der Waals surface area contributed by atoms with Crippen LogP contribution in [0.1, 0.15) is 18.9 Å². The summed E-state index contributed by atoms with van der Waals surface area (Å²) < 4.78 is 38.9. The third-order valence-electron chi connectivity index (χ3n) is 4.45. The minimum Gasteiger partial charge on any atom is -0.493 e. The molecule has 7 nitrogen and oxygen atoms in total. The highest BCUT2D eigenvalue weighted by atomic mass is 32.2. The molecule has 1 N–H and O–H groups in total. The Hall–Kier alpha value is -1.90.